The maximum atomic E-state index is 12.8. The molecule has 17 heavy (non-hydrogen) atoms. The highest BCUT2D eigenvalue weighted by molar-refractivity contribution is 5.72. The molecule has 2 aromatic carbocycles. The van der Waals surface area contributed by atoms with Gasteiger partial charge in [0, 0.05) is 11.6 Å². The number of phenols is 2. The first kappa shape index (κ1) is 11.3. The topological polar surface area (TPSA) is 49.7 Å². The molecule has 0 aromatic heterocycles. The fraction of sp³-hybridized carbons (Fsp3) is 0.0769. The third-order valence-corrected chi connectivity index (χ3v) is 2.45. The first-order valence-corrected chi connectivity index (χ1v) is 4.97. The van der Waals surface area contributed by atoms with Gasteiger partial charge in [-0.1, -0.05) is 6.07 Å². The smallest absolute Gasteiger partial charge is 0.161 e. The molecule has 2 rings (SSSR count). The van der Waals surface area contributed by atoms with Crippen molar-refractivity contribution < 1.29 is 19.3 Å². The number of hydrogen-bond donors (Lipinski definition) is 2. The van der Waals surface area contributed by atoms with Crippen LogP contribution in [-0.4, -0.2) is 17.3 Å². The second-order valence-corrected chi connectivity index (χ2v) is 3.55. The van der Waals surface area contributed by atoms with Gasteiger partial charge >= 0.3 is 0 Å². The molecule has 0 unspecified atom stereocenters. The molecule has 0 atom stereocenters. The van der Waals surface area contributed by atoms with E-state index in [1.807, 2.05) is 0 Å². The van der Waals surface area contributed by atoms with E-state index in [0.29, 0.717) is 16.9 Å². The normalized spacial score (nSPS) is 10.2. The Morgan fingerprint density at radius 1 is 1.00 bits per heavy atom. The zero-order chi connectivity index (χ0) is 12.4. The van der Waals surface area contributed by atoms with Crippen molar-refractivity contribution in [2.24, 2.45) is 0 Å². The molecule has 4 heteroatoms. The largest absolute Gasteiger partial charge is 0.507 e. The van der Waals surface area contributed by atoms with Crippen LogP contribution in [0.15, 0.2) is 36.4 Å². The van der Waals surface area contributed by atoms with Crippen molar-refractivity contribution in [2.45, 2.75) is 0 Å². The predicted molar refractivity (Wildman–Crippen MR) is 61.7 cm³/mol. The first-order chi connectivity index (χ1) is 8.11. The van der Waals surface area contributed by atoms with Gasteiger partial charge in [0.05, 0.1) is 7.11 Å². The molecule has 3 nitrogen and oxygen atoms in total. The Bertz CT molecular complexity index is 552. The van der Waals surface area contributed by atoms with Crippen LogP contribution in [0.5, 0.6) is 17.2 Å². The molecular formula is C13H11FO3. The molecular weight excluding hydrogens is 223 g/mol. The maximum absolute atomic E-state index is 12.8. The van der Waals surface area contributed by atoms with Crippen LogP contribution in [0.1, 0.15) is 0 Å². The van der Waals surface area contributed by atoms with E-state index < -0.39 is 5.82 Å². The highest BCUT2D eigenvalue weighted by Crippen LogP contribution is 2.35. The summed E-state index contributed by atoms with van der Waals surface area (Å²) in [7, 11) is 1.43. The lowest BCUT2D eigenvalue weighted by Crippen LogP contribution is -1.86. The average molecular weight is 234 g/mol. The van der Waals surface area contributed by atoms with Gasteiger partial charge in [0.2, 0.25) is 0 Å². The number of aromatic hydroxyl groups is 2. The highest BCUT2D eigenvalue weighted by Gasteiger charge is 2.08. The number of benzene rings is 2. The average Bonchev–Trinajstić information content (AvgIpc) is 2.30. The zero-order valence-electron chi connectivity index (χ0n) is 9.14. The Morgan fingerprint density at radius 2 is 1.76 bits per heavy atom. The van der Waals surface area contributed by atoms with Crippen molar-refractivity contribution in [3.05, 3.63) is 42.2 Å². The van der Waals surface area contributed by atoms with E-state index in [-0.39, 0.29) is 11.5 Å². The lowest BCUT2D eigenvalue weighted by atomic mass is 10.0. The van der Waals surface area contributed by atoms with Gasteiger partial charge in [0.25, 0.3) is 0 Å². The summed E-state index contributed by atoms with van der Waals surface area (Å²) in [6.07, 6.45) is 0. The molecule has 0 radical (unpaired) electrons. The summed E-state index contributed by atoms with van der Waals surface area (Å²) in [5.41, 5.74) is 1.11. The Hall–Kier alpha value is -2.23. The van der Waals surface area contributed by atoms with Crippen LogP contribution in [0.2, 0.25) is 0 Å². The minimum Gasteiger partial charge on any atom is -0.507 e. The molecule has 0 aliphatic heterocycles. The second kappa shape index (κ2) is 4.33. The number of halogens is 1. The van der Waals surface area contributed by atoms with E-state index in [1.165, 1.54) is 25.3 Å². The van der Waals surface area contributed by atoms with Crippen LogP contribution in [0, 0.1) is 5.82 Å². The Balaban J connectivity index is 2.53. The minimum absolute atomic E-state index is 0.0119. The zero-order valence-corrected chi connectivity index (χ0v) is 9.14. The van der Waals surface area contributed by atoms with Crippen LogP contribution in [-0.2, 0) is 0 Å². The number of hydrogen-bond acceptors (Lipinski definition) is 3. The predicted octanol–water partition coefficient (Wildman–Crippen LogP) is 2.91. The molecule has 0 aliphatic rings. The fourth-order valence-electron chi connectivity index (χ4n) is 1.59. The van der Waals surface area contributed by atoms with Crippen molar-refractivity contribution in [3.8, 4) is 28.4 Å². The van der Waals surface area contributed by atoms with Crippen molar-refractivity contribution in [2.75, 3.05) is 7.11 Å². The van der Waals surface area contributed by atoms with Crippen molar-refractivity contribution >= 4 is 0 Å². The molecule has 0 aliphatic carbocycles. The van der Waals surface area contributed by atoms with Crippen LogP contribution < -0.4 is 4.74 Å². The van der Waals surface area contributed by atoms with Gasteiger partial charge in [-0.15, -0.1) is 0 Å². The van der Waals surface area contributed by atoms with E-state index in [9.17, 15) is 14.6 Å². The van der Waals surface area contributed by atoms with Gasteiger partial charge in [-0.3, -0.25) is 0 Å². The molecule has 2 N–H and O–H groups in total. The summed E-state index contributed by atoms with van der Waals surface area (Å²) in [6, 6.07) is 8.41. The van der Waals surface area contributed by atoms with Crippen molar-refractivity contribution in [1.29, 1.82) is 0 Å². The standard InChI is InChI=1S/C13H11FO3/c1-17-13-6-8(2-5-11(13)15)10-4-3-9(14)7-12(10)16/h2-7,15-16H,1H3. The number of ether oxygens (including phenoxy) is 1. The van der Waals surface area contributed by atoms with Crippen molar-refractivity contribution in [3.63, 3.8) is 0 Å². The van der Waals surface area contributed by atoms with Crippen LogP contribution in [0.25, 0.3) is 11.1 Å². The van der Waals surface area contributed by atoms with E-state index >= 15 is 0 Å². The van der Waals surface area contributed by atoms with Crippen molar-refractivity contribution in [1.82, 2.24) is 0 Å². The molecule has 0 amide bonds. The molecule has 0 heterocycles. The highest BCUT2D eigenvalue weighted by atomic mass is 19.1. The van der Waals surface area contributed by atoms with Gasteiger partial charge < -0.3 is 14.9 Å². The Morgan fingerprint density at radius 3 is 2.41 bits per heavy atom. The number of methoxy groups -OCH3 is 1. The Labute approximate surface area is 97.7 Å². The van der Waals surface area contributed by atoms with E-state index in [1.54, 1.807) is 12.1 Å². The summed E-state index contributed by atoms with van der Waals surface area (Å²) in [5, 5.41) is 19.1. The SMILES string of the molecule is COc1cc(-c2ccc(F)cc2O)ccc1O. The quantitative estimate of drug-likeness (QED) is 0.839. The van der Waals surface area contributed by atoms with Gasteiger partial charge in [-0.05, 0) is 29.8 Å². The lowest BCUT2D eigenvalue weighted by molar-refractivity contribution is 0.373. The van der Waals surface area contributed by atoms with Crippen LogP contribution >= 0.6 is 0 Å². The third kappa shape index (κ3) is 2.15. The Kier molecular flexibility index (Phi) is 2.87. The summed E-state index contributed by atoms with van der Waals surface area (Å²) >= 11 is 0. The maximum Gasteiger partial charge on any atom is 0.161 e. The van der Waals surface area contributed by atoms with Gasteiger partial charge in [-0.2, -0.15) is 0 Å². The van der Waals surface area contributed by atoms with E-state index in [4.69, 9.17) is 4.74 Å². The van der Waals surface area contributed by atoms with E-state index in [2.05, 4.69) is 0 Å². The summed E-state index contributed by atoms with van der Waals surface area (Å²) in [6.45, 7) is 0. The molecule has 0 fully saturated rings. The molecule has 0 saturated heterocycles. The second-order valence-electron chi connectivity index (χ2n) is 3.55. The molecule has 88 valence electrons. The minimum atomic E-state index is -0.503. The monoisotopic (exact) mass is 234 g/mol. The van der Waals surface area contributed by atoms with Gasteiger partial charge in [-0.25, -0.2) is 4.39 Å². The van der Waals surface area contributed by atoms with Crippen LogP contribution in [0.4, 0.5) is 4.39 Å². The fourth-order valence-corrected chi connectivity index (χ4v) is 1.59. The lowest BCUT2D eigenvalue weighted by Gasteiger charge is -2.08. The summed E-state index contributed by atoms with van der Waals surface area (Å²) < 4.78 is 17.8. The molecule has 0 bridgehead atoms. The first-order valence-electron chi connectivity index (χ1n) is 4.97. The van der Waals surface area contributed by atoms with E-state index in [0.717, 1.165) is 6.07 Å². The number of rotatable bonds is 2. The molecule has 0 saturated carbocycles. The molecule has 2 aromatic rings. The van der Waals surface area contributed by atoms with Gasteiger partial charge in [0.15, 0.2) is 11.5 Å². The van der Waals surface area contributed by atoms with Crippen LogP contribution in [0.3, 0.4) is 0 Å². The molecule has 0 spiro atoms. The third-order valence-electron chi connectivity index (χ3n) is 2.45. The van der Waals surface area contributed by atoms with Gasteiger partial charge in [0.1, 0.15) is 11.6 Å². The number of phenolic OH excluding ortho intramolecular Hbond substituents is 2. The summed E-state index contributed by atoms with van der Waals surface area (Å²) in [4.78, 5) is 0. The summed E-state index contributed by atoms with van der Waals surface area (Å²) in [5.74, 6) is -0.348.